The average Bonchev–Trinajstić information content (AvgIpc) is 2.66. The van der Waals surface area contributed by atoms with E-state index in [9.17, 15) is 9.59 Å². The Labute approximate surface area is 151 Å². The highest BCUT2D eigenvalue weighted by molar-refractivity contribution is 5.96. The SMILES string of the molecule is CC[C@@H](Oc1ccc2ccccc2c1)C(=O)Nc1ccc(C(N)=O)cc1. The van der Waals surface area contributed by atoms with E-state index in [0.717, 1.165) is 10.8 Å². The van der Waals surface area contributed by atoms with Gasteiger partial charge in [-0.15, -0.1) is 0 Å². The van der Waals surface area contributed by atoms with Gasteiger partial charge in [-0.3, -0.25) is 9.59 Å². The van der Waals surface area contributed by atoms with Crippen LogP contribution in [0.1, 0.15) is 23.7 Å². The van der Waals surface area contributed by atoms with Crippen molar-refractivity contribution in [3.05, 3.63) is 72.3 Å². The molecule has 3 N–H and O–H groups in total. The number of nitrogens with one attached hydrogen (secondary N) is 1. The zero-order valence-electron chi connectivity index (χ0n) is 14.4. The number of anilines is 1. The highest BCUT2D eigenvalue weighted by Crippen LogP contribution is 2.22. The van der Waals surface area contributed by atoms with Crippen LogP contribution in [0.25, 0.3) is 10.8 Å². The highest BCUT2D eigenvalue weighted by Gasteiger charge is 2.18. The van der Waals surface area contributed by atoms with E-state index >= 15 is 0 Å². The van der Waals surface area contributed by atoms with Gasteiger partial charge in [0.05, 0.1) is 0 Å². The van der Waals surface area contributed by atoms with Crippen molar-refractivity contribution in [1.82, 2.24) is 0 Å². The monoisotopic (exact) mass is 348 g/mol. The fourth-order valence-corrected chi connectivity index (χ4v) is 2.67. The number of hydrogen-bond acceptors (Lipinski definition) is 3. The Kier molecular flexibility index (Phi) is 5.17. The molecule has 0 aliphatic carbocycles. The van der Waals surface area contributed by atoms with E-state index in [1.165, 1.54) is 0 Å². The van der Waals surface area contributed by atoms with Crippen LogP contribution in [-0.4, -0.2) is 17.9 Å². The molecule has 0 bridgehead atoms. The second kappa shape index (κ2) is 7.70. The molecule has 26 heavy (non-hydrogen) atoms. The maximum absolute atomic E-state index is 12.5. The smallest absolute Gasteiger partial charge is 0.265 e. The first-order valence-electron chi connectivity index (χ1n) is 8.43. The lowest BCUT2D eigenvalue weighted by molar-refractivity contribution is -0.122. The van der Waals surface area contributed by atoms with Crippen molar-refractivity contribution >= 4 is 28.3 Å². The van der Waals surface area contributed by atoms with Gasteiger partial charge in [-0.05, 0) is 53.6 Å². The van der Waals surface area contributed by atoms with Gasteiger partial charge in [0.2, 0.25) is 5.91 Å². The van der Waals surface area contributed by atoms with E-state index in [2.05, 4.69) is 5.32 Å². The summed E-state index contributed by atoms with van der Waals surface area (Å²) in [5.74, 6) is -0.101. The number of ether oxygens (including phenoxy) is 1. The third kappa shape index (κ3) is 4.00. The van der Waals surface area contributed by atoms with E-state index in [-0.39, 0.29) is 5.91 Å². The van der Waals surface area contributed by atoms with Gasteiger partial charge in [0.25, 0.3) is 5.91 Å². The third-order valence-electron chi connectivity index (χ3n) is 4.10. The zero-order chi connectivity index (χ0) is 18.5. The van der Waals surface area contributed by atoms with Crippen molar-refractivity contribution < 1.29 is 14.3 Å². The maximum Gasteiger partial charge on any atom is 0.265 e. The molecule has 0 aromatic heterocycles. The normalized spacial score (nSPS) is 11.7. The first kappa shape index (κ1) is 17.5. The minimum atomic E-state index is -0.619. The standard InChI is InChI=1S/C21H20N2O3/c1-2-19(21(25)23-17-10-7-15(8-11-17)20(22)24)26-18-12-9-14-5-3-4-6-16(14)13-18/h3-13,19H,2H2,1H3,(H2,22,24)(H,23,25)/t19-/m1/s1. The predicted octanol–water partition coefficient (Wildman–Crippen LogP) is 3.73. The molecule has 3 aromatic rings. The number of nitrogens with two attached hydrogens (primary N) is 1. The number of carbonyl (C=O) groups excluding carboxylic acids is 2. The van der Waals surface area contributed by atoms with Crippen LogP contribution in [0, 0.1) is 0 Å². The molecule has 2 amide bonds. The predicted molar refractivity (Wildman–Crippen MR) is 102 cm³/mol. The first-order chi connectivity index (χ1) is 12.6. The van der Waals surface area contributed by atoms with Crippen LogP contribution in [0.2, 0.25) is 0 Å². The molecule has 1 atom stereocenters. The first-order valence-corrected chi connectivity index (χ1v) is 8.43. The average molecular weight is 348 g/mol. The van der Waals surface area contributed by atoms with Gasteiger partial charge >= 0.3 is 0 Å². The van der Waals surface area contributed by atoms with E-state index < -0.39 is 12.0 Å². The van der Waals surface area contributed by atoms with Gasteiger partial charge in [0.1, 0.15) is 5.75 Å². The Morgan fingerprint density at radius 2 is 1.69 bits per heavy atom. The Hall–Kier alpha value is -3.34. The van der Waals surface area contributed by atoms with Crippen LogP contribution >= 0.6 is 0 Å². The van der Waals surface area contributed by atoms with Gasteiger partial charge in [0.15, 0.2) is 6.10 Å². The number of primary amides is 1. The number of benzene rings is 3. The van der Waals surface area contributed by atoms with Gasteiger partial charge in [-0.25, -0.2) is 0 Å². The molecule has 5 nitrogen and oxygen atoms in total. The summed E-state index contributed by atoms with van der Waals surface area (Å²) in [6.45, 7) is 1.89. The summed E-state index contributed by atoms with van der Waals surface area (Å²) in [5.41, 5.74) is 6.19. The van der Waals surface area contributed by atoms with Crippen molar-refractivity contribution in [1.29, 1.82) is 0 Å². The number of carbonyl (C=O) groups is 2. The lowest BCUT2D eigenvalue weighted by Crippen LogP contribution is -2.32. The molecule has 0 spiro atoms. The molecular weight excluding hydrogens is 328 g/mol. The van der Waals surface area contributed by atoms with Crippen LogP contribution < -0.4 is 15.8 Å². The van der Waals surface area contributed by atoms with Crippen molar-refractivity contribution in [3.8, 4) is 5.75 Å². The van der Waals surface area contributed by atoms with Crippen molar-refractivity contribution in [2.75, 3.05) is 5.32 Å². The number of amides is 2. The molecule has 0 saturated heterocycles. The van der Waals surface area contributed by atoms with Gasteiger partial charge in [0, 0.05) is 11.3 Å². The Balaban J connectivity index is 1.70. The summed E-state index contributed by atoms with van der Waals surface area (Å²) >= 11 is 0. The molecule has 0 radical (unpaired) electrons. The van der Waals surface area contributed by atoms with E-state index in [4.69, 9.17) is 10.5 Å². The van der Waals surface area contributed by atoms with Crippen LogP contribution in [0.4, 0.5) is 5.69 Å². The summed E-state index contributed by atoms with van der Waals surface area (Å²) in [6.07, 6.45) is -0.0927. The van der Waals surface area contributed by atoms with Crippen LogP contribution in [0.15, 0.2) is 66.7 Å². The minimum Gasteiger partial charge on any atom is -0.481 e. The highest BCUT2D eigenvalue weighted by atomic mass is 16.5. The molecule has 0 aliphatic heterocycles. The summed E-state index contributed by atoms with van der Waals surface area (Å²) < 4.78 is 5.88. The van der Waals surface area contributed by atoms with Crippen molar-refractivity contribution in [3.63, 3.8) is 0 Å². The molecule has 0 unspecified atom stereocenters. The number of hydrogen-bond donors (Lipinski definition) is 2. The molecule has 0 aliphatic rings. The van der Waals surface area contributed by atoms with Crippen LogP contribution in [-0.2, 0) is 4.79 Å². The Morgan fingerprint density at radius 3 is 2.35 bits per heavy atom. The van der Waals surface area contributed by atoms with Crippen molar-refractivity contribution in [2.45, 2.75) is 19.4 Å². The lowest BCUT2D eigenvalue weighted by atomic mass is 10.1. The van der Waals surface area contributed by atoms with E-state index in [1.807, 2.05) is 49.4 Å². The second-order valence-corrected chi connectivity index (χ2v) is 5.95. The summed E-state index contributed by atoms with van der Waals surface area (Å²) in [5, 5.41) is 4.98. The van der Waals surface area contributed by atoms with Crippen LogP contribution in [0.5, 0.6) is 5.75 Å². The second-order valence-electron chi connectivity index (χ2n) is 5.95. The molecular formula is C21H20N2O3. The largest absolute Gasteiger partial charge is 0.481 e. The quantitative estimate of drug-likeness (QED) is 0.712. The maximum atomic E-state index is 12.5. The summed E-state index contributed by atoms with van der Waals surface area (Å²) in [7, 11) is 0. The fourth-order valence-electron chi connectivity index (χ4n) is 2.67. The topological polar surface area (TPSA) is 81.4 Å². The number of rotatable bonds is 6. The Bertz CT molecular complexity index is 935. The minimum absolute atomic E-state index is 0.243. The van der Waals surface area contributed by atoms with Crippen molar-refractivity contribution in [2.24, 2.45) is 5.73 Å². The molecule has 0 saturated carbocycles. The molecule has 3 aromatic carbocycles. The molecule has 0 fully saturated rings. The zero-order valence-corrected chi connectivity index (χ0v) is 14.4. The molecule has 0 heterocycles. The third-order valence-corrected chi connectivity index (χ3v) is 4.10. The lowest BCUT2D eigenvalue weighted by Gasteiger charge is -2.17. The summed E-state index contributed by atoms with van der Waals surface area (Å²) in [6, 6.07) is 20.2. The van der Waals surface area contributed by atoms with Crippen LogP contribution in [0.3, 0.4) is 0 Å². The number of fused-ring (bicyclic) bond motifs is 1. The van der Waals surface area contributed by atoms with Gasteiger partial charge in [-0.1, -0.05) is 37.3 Å². The van der Waals surface area contributed by atoms with E-state index in [0.29, 0.717) is 23.4 Å². The molecule has 3 rings (SSSR count). The summed E-state index contributed by atoms with van der Waals surface area (Å²) in [4.78, 5) is 23.6. The fraction of sp³-hybridized carbons (Fsp3) is 0.143. The van der Waals surface area contributed by atoms with E-state index in [1.54, 1.807) is 24.3 Å². The molecule has 132 valence electrons. The Morgan fingerprint density at radius 1 is 1.00 bits per heavy atom. The van der Waals surface area contributed by atoms with Gasteiger partial charge in [-0.2, -0.15) is 0 Å². The van der Waals surface area contributed by atoms with Gasteiger partial charge < -0.3 is 15.8 Å². The molecule has 5 heteroatoms.